The molecule has 0 bridgehead atoms. The van der Waals surface area contributed by atoms with E-state index in [9.17, 15) is 0 Å². The standard InChI is InChI=1S/C16H24N5.Rb/c1-8-7-13(10(3)9(8)2)21-12(5)20-14-15(17-6)18-11(4)19-16(14)21;/h8-10,13H,7H2,1-6H3;/q-1;+1. The van der Waals surface area contributed by atoms with E-state index in [1.807, 2.05) is 6.92 Å². The summed E-state index contributed by atoms with van der Waals surface area (Å²) in [7, 11) is 1.76. The zero-order valence-electron chi connectivity index (χ0n) is 14.8. The third kappa shape index (κ3) is 2.94. The first-order valence-corrected chi connectivity index (χ1v) is 7.77. The van der Waals surface area contributed by atoms with Crippen LogP contribution in [0.1, 0.15) is 44.9 Å². The van der Waals surface area contributed by atoms with Gasteiger partial charge < -0.3 is 14.9 Å². The SMILES string of the molecule is C[N-]c1nc(C)nc2c1nc(C)n2C1CC(C)C(C)C1C.[Rb+]. The molecule has 0 aliphatic heterocycles. The summed E-state index contributed by atoms with van der Waals surface area (Å²) in [5, 5.41) is 4.26. The monoisotopic (exact) mass is 371 g/mol. The van der Waals surface area contributed by atoms with Crippen molar-refractivity contribution in [2.75, 3.05) is 7.05 Å². The summed E-state index contributed by atoms with van der Waals surface area (Å²) < 4.78 is 2.32. The molecule has 2 aromatic heterocycles. The molecular weight excluding hydrogens is 348 g/mol. The molecule has 0 N–H and O–H groups in total. The third-order valence-electron chi connectivity index (χ3n) is 5.30. The minimum absolute atomic E-state index is 0. The van der Waals surface area contributed by atoms with Gasteiger partial charge in [0.15, 0.2) is 5.65 Å². The van der Waals surface area contributed by atoms with E-state index in [1.165, 1.54) is 6.42 Å². The van der Waals surface area contributed by atoms with Gasteiger partial charge in [-0.3, -0.25) is 0 Å². The summed E-state index contributed by atoms with van der Waals surface area (Å²) in [4.78, 5) is 13.8. The quantitative estimate of drug-likeness (QED) is 0.789. The van der Waals surface area contributed by atoms with E-state index in [-0.39, 0.29) is 58.2 Å². The molecule has 6 heteroatoms. The van der Waals surface area contributed by atoms with Crippen LogP contribution in [0.5, 0.6) is 0 Å². The molecule has 0 amide bonds. The number of rotatable bonds is 2. The molecule has 2 aromatic rings. The van der Waals surface area contributed by atoms with Gasteiger partial charge in [0, 0.05) is 11.9 Å². The molecule has 0 saturated heterocycles. The minimum atomic E-state index is 0. The van der Waals surface area contributed by atoms with Crippen molar-refractivity contribution in [3.05, 3.63) is 17.0 Å². The van der Waals surface area contributed by atoms with E-state index in [1.54, 1.807) is 7.05 Å². The van der Waals surface area contributed by atoms with Gasteiger partial charge in [0.2, 0.25) is 0 Å². The van der Waals surface area contributed by atoms with Crippen LogP contribution < -0.4 is 58.2 Å². The summed E-state index contributed by atoms with van der Waals surface area (Å²) in [6.07, 6.45) is 1.19. The van der Waals surface area contributed by atoms with Crippen LogP contribution in [0.25, 0.3) is 16.5 Å². The van der Waals surface area contributed by atoms with Crippen LogP contribution in [0.2, 0.25) is 0 Å². The number of hydrogen-bond donors (Lipinski definition) is 0. The second-order valence-electron chi connectivity index (χ2n) is 6.52. The Morgan fingerprint density at radius 3 is 2.27 bits per heavy atom. The normalized spacial score (nSPS) is 27.9. The summed E-state index contributed by atoms with van der Waals surface area (Å²) >= 11 is 0. The van der Waals surface area contributed by atoms with Gasteiger partial charge in [-0.15, -0.1) is 0 Å². The average molecular weight is 372 g/mol. The van der Waals surface area contributed by atoms with Gasteiger partial charge in [0.05, 0.1) is 0 Å². The van der Waals surface area contributed by atoms with Gasteiger partial charge in [0.1, 0.15) is 11.3 Å². The van der Waals surface area contributed by atoms with Crippen LogP contribution in [0.3, 0.4) is 0 Å². The molecule has 0 aromatic carbocycles. The summed E-state index contributed by atoms with van der Waals surface area (Å²) in [6.45, 7) is 11.0. The molecule has 2 heterocycles. The molecule has 114 valence electrons. The van der Waals surface area contributed by atoms with Crippen molar-refractivity contribution in [1.82, 2.24) is 19.5 Å². The van der Waals surface area contributed by atoms with Gasteiger partial charge in [-0.05, 0) is 43.8 Å². The van der Waals surface area contributed by atoms with E-state index in [4.69, 9.17) is 4.98 Å². The molecule has 5 nitrogen and oxygen atoms in total. The molecule has 22 heavy (non-hydrogen) atoms. The van der Waals surface area contributed by atoms with Crippen molar-refractivity contribution in [3.63, 3.8) is 0 Å². The van der Waals surface area contributed by atoms with Crippen LogP contribution in [0.15, 0.2) is 0 Å². The molecule has 1 fully saturated rings. The Labute approximate surface area is 181 Å². The number of aromatic nitrogens is 4. The molecule has 1 aliphatic carbocycles. The number of imidazole rings is 1. The summed E-state index contributed by atoms with van der Waals surface area (Å²) in [6, 6.07) is 0.471. The van der Waals surface area contributed by atoms with Gasteiger partial charge in [-0.2, -0.15) is 0 Å². The van der Waals surface area contributed by atoms with Crippen molar-refractivity contribution in [3.8, 4) is 0 Å². The summed E-state index contributed by atoms with van der Waals surface area (Å²) in [5.74, 6) is 4.58. The fourth-order valence-corrected chi connectivity index (χ4v) is 3.75. The van der Waals surface area contributed by atoms with Crippen LogP contribution in [0.4, 0.5) is 5.82 Å². The molecule has 4 unspecified atom stereocenters. The molecule has 3 rings (SSSR count). The molecule has 0 radical (unpaired) electrons. The number of hydrogen-bond acceptors (Lipinski definition) is 3. The second kappa shape index (κ2) is 6.95. The molecule has 1 aliphatic rings. The first-order valence-electron chi connectivity index (χ1n) is 7.77. The maximum Gasteiger partial charge on any atom is 1.00 e. The fourth-order valence-electron chi connectivity index (χ4n) is 3.75. The van der Waals surface area contributed by atoms with Crippen LogP contribution in [-0.4, -0.2) is 26.6 Å². The largest absolute Gasteiger partial charge is 1.00 e. The smallest absolute Gasteiger partial charge is 0.467 e. The van der Waals surface area contributed by atoms with Crippen molar-refractivity contribution in [2.24, 2.45) is 17.8 Å². The predicted octanol–water partition coefficient (Wildman–Crippen LogP) is 0.935. The van der Waals surface area contributed by atoms with E-state index in [0.717, 1.165) is 34.6 Å². The van der Waals surface area contributed by atoms with E-state index >= 15 is 0 Å². The van der Waals surface area contributed by atoms with Crippen molar-refractivity contribution in [2.45, 2.75) is 47.1 Å². The number of nitrogens with zero attached hydrogens (tertiary/aromatic N) is 5. The Kier molecular flexibility index (Phi) is 5.85. The summed E-state index contributed by atoms with van der Waals surface area (Å²) in [5.41, 5.74) is 1.78. The zero-order chi connectivity index (χ0) is 15.3. The first-order chi connectivity index (χ1) is 9.93. The van der Waals surface area contributed by atoms with Crippen LogP contribution in [0, 0.1) is 31.6 Å². The Morgan fingerprint density at radius 2 is 1.73 bits per heavy atom. The molecular formula is C16H24N5Rb. The Balaban J connectivity index is 0.00000176. The average Bonchev–Trinajstić information content (AvgIpc) is 2.89. The van der Waals surface area contributed by atoms with E-state index in [0.29, 0.717) is 17.8 Å². The predicted molar refractivity (Wildman–Crippen MR) is 84.9 cm³/mol. The molecule has 1 saturated carbocycles. The first kappa shape index (κ1) is 18.5. The van der Waals surface area contributed by atoms with Crippen molar-refractivity contribution < 1.29 is 58.2 Å². The third-order valence-corrected chi connectivity index (χ3v) is 5.30. The van der Waals surface area contributed by atoms with Crippen molar-refractivity contribution in [1.29, 1.82) is 0 Å². The fraction of sp³-hybridized carbons (Fsp3) is 0.688. The minimum Gasteiger partial charge on any atom is -0.467 e. The van der Waals surface area contributed by atoms with Crippen molar-refractivity contribution >= 4 is 17.0 Å². The van der Waals surface area contributed by atoms with Gasteiger partial charge >= 0.3 is 58.2 Å². The van der Waals surface area contributed by atoms with Crippen LogP contribution in [-0.2, 0) is 0 Å². The molecule has 0 spiro atoms. The Bertz CT molecular complexity index is 681. The maximum absolute atomic E-state index is 4.70. The topological polar surface area (TPSA) is 57.7 Å². The molecule has 4 atom stereocenters. The van der Waals surface area contributed by atoms with Gasteiger partial charge in [-0.25, -0.2) is 9.97 Å². The zero-order valence-corrected chi connectivity index (χ0v) is 19.7. The Morgan fingerprint density at radius 1 is 1.05 bits per heavy atom. The van der Waals surface area contributed by atoms with E-state index < -0.39 is 0 Å². The number of fused-ring (bicyclic) bond motifs is 1. The second-order valence-corrected chi connectivity index (χ2v) is 6.52. The Hall–Kier alpha value is 0.155. The number of aryl methyl sites for hydroxylation is 2. The maximum atomic E-state index is 4.70. The van der Waals surface area contributed by atoms with Gasteiger partial charge in [0.25, 0.3) is 0 Å². The van der Waals surface area contributed by atoms with Gasteiger partial charge in [-0.1, -0.05) is 27.8 Å². The van der Waals surface area contributed by atoms with Crippen LogP contribution >= 0.6 is 0 Å². The van der Waals surface area contributed by atoms with E-state index in [2.05, 4.69) is 47.5 Å².